The number of aryl methyl sites for hydroxylation is 1. The molecule has 0 saturated heterocycles. The maximum absolute atomic E-state index is 10.1. The molecule has 0 saturated carbocycles. The molecule has 0 fully saturated rings. The lowest BCUT2D eigenvalue weighted by molar-refractivity contribution is 0.459. The second-order valence-electron chi connectivity index (χ2n) is 5.42. The summed E-state index contributed by atoms with van der Waals surface area (Å²) in [6.45, 7) is 2.00. The lowest BCUT2D eigenvalue weighted by atomic mass is 10.1. The van der Waals surface area contributed by atoms with E-state index in [2.05, 4.69) is 20.2 Å². The molecule has 0 amide bonds. The summed E-state index contributed by atoms with van der Waals surface area (Å²) in [5.74, 6) is 0.0162. The van der Waals surface area contributed by atoms with Gasteiger partial charge in [0.1, 0.15) is 5.69 Å². The Bertz CT molecular complexity index is 1040. The fourth-order valence-electron chi connectivity index (χ4n) is 2.65. The number of hydrogen-bond acceptors (Lipinski definition) is 4. The van der Waals surface area contributed by atoms with Crippen molar-refractivity contribution in [1.82, 2.24) is 9.97 Å². The molecule has 23 heavy (non-hydrogen) atoms. The van der Waals surface area contributed by atoms with E-state index in [0.717, 1.165) is 27.4 Å². The zero-order valence-electron chi connectivity index (χ0n) is 12.5. The minimum atomic E-state index is 0.0162. The van der Waals surface area contributed by atoms with Crippen LogP contribution in [0.4, 0.5) is 11.4 Å². The third-order valence-electron chi connectivity index (χ3n) is 3.78. The minimum Gasteiger partial charge on any atom is -0.493 e. The van der Waals surface area contributed by atoms with Crippen LogP contribution in [0.3, 0.4) is 0 Å². The summed E-state index contributed by atoms with van der Waals surface area (Å²) in [4.78, 5) is 7.27. The summed E-state index contributed by atoms with van der Waals surface area (Å²) in [6, 6.07) is 15.5. The van der Waals surface area contributed by atoms with Crippen LogP contribution >= 0.6 is 0 Å². The molecule has 4 aromatic rings. The molecule has 0 unspecified atom stereocenters. The van der Waals surface area contributed by atoms with Gasteiger partial charge in [0, 0.05) is 17.0 Å². The molecule has 0 aliphatic carbocycles. The summed E-state index contributed by atoms with van der Waals surface area (Å²) >= 11 is 0. The van der Waals surface area contributed by atoms with E-state index in [9.17, 15) is 5.11 Å². The van der Waals surface area contributed by atoms with Crippen LogP contribution in [0.25, 0.3) is 21.8 Å². The van der Waals surface area contributed by atoms with Crippen molar-refractivity contribution in [2.45, 2.75) is 6.92 Å². The van der Waals surface area contributed by atoms with Gasteiger partial charge in [-0.05, 0) is 31.2 Å². The molecule has 0 aliphatic rings. The van der Waals surface area contributed by atoms with Crippen LogP contribution in [0.15, 0.2) is 65.0 Å². The lowest BCUT2D eigenvalue weighted by Gasteiger charge is -1.99. The third-order valence-corrected chi connectivity index (χ3v) is 3.78. The number of aromatic nitrogens is 2. The molecule has 5 nitrogen and oxygen atoms in total. The van der Waals surface area contributed by atoms with Crippen LogP contribution < -0.4 is 0 Å². The van der Waals surface area contributed by atoms with E-state index in [1.54, 1.807) is 6.20 Å². The van der Waals surface area contributed by atoms with E-state index in [1.165, 1.54) is 0 Å². The Morgan fingerprint density at radius 3 is 2.83 bits per heavy atom. The molecule has 0 spiro atoms. The number of para-hydroxylation sites is 1. The Kier molecular flexibility index (Phi) is 3.05. The molecular weight excluding hydrogens is 288 g/mol. The molecular formula is C18H14N4O. The summed E-state index contributed by atoms with van der Waals surface area (Å²) in [5, 5.41) is 20.5. The number of hydrogen-bond donors (Lipinski definition) is 2. The van der Waals surface area contributed by atoms with Gasteiger partial charge < -0.3 is 10.1 Å². The van der Waals surface area contributed by atoms with E-state index >= 15 is 0 Å². The molecule has 5 heteroatoms. The summed E-state index contributed by atoms with van der Waals surface area (Å²) in [6.07, 6.45) is 1.73. The largest absolute Gasteiger partial charge is 0.493 e. The number of fused-ring (bicyclic) bond motifs is 2. The Hall–Kier alpha value is -3.21. The fraction of sp³-hybridized carbons (Fsp3) is 0.0556. The first-order chi connectivity index (χ1) is 11.2. The van der Waals surface area contributed by atoms with Gasteiger partial charge in [-0.15, -0.1) is 10.2 Å². The van der Waals surface area contributed by atoms with Gasteiger partial charge >= 0.3 is 0 Å². The van der Waals surface area contributed by atoms with Crippen LogP contribution in [0.2, 0.25) is 0 Å². The van der Waals surface area contributed by atoms with E-state index in [-0.39, 0.29) is 5.88 Å². The van der Waals surface area contributed by atoms with Gasteiger partial charge in [-0.3, -0.25) is 4.98 Å². The standard InChI is InChI=1S/C18H14N4O/c1-11-7-8-14-13(10-11)17(18(23)20-14)22-21-15-6-2-4-12-5-3-9-19-16(12)15/h2-10,20,23H,1H3. The smallest absolute Gasteiger partial charge is 0.218 e. The first-order valence-electron chi connectivity index (χ1n) is 7.29. The number of azo groups is 1. The van der Waals surface area contributed by atoms with Gasteiger partial charge in [0.15, 0.2) is 5.69 Å². The predicted octanol–water partition coefficient (Wildman–Crippen LogP) is 5.15. The van der Waals surface area contributed by atoms with Crippen LogP contribution in [0.1, 0.15) is 5.56 Å². The predicted molar refractivity (Wildman–Crippen MR) is 90.6 cm³/mol. The average molecular weight is 302 g/mol. The molecule has 112 valence electrons. The minimum absolute atomic E-state index is 0.0162. The van der Waals surface area contributed by atoms with Gasteiger partial charge in [-0.25, -0.2) is 0 Å². The topological polar surface area (TPSA) is 73.6 Å². The van der Waals surface area contributed by atoms with E-state index in [4.69, 9.17) is 0 Å². The van der Waals surface area contributed by atoms with Gasteiger partial charge in [-0.2, -0.15) is 0 Å². The summed E-state index contributed by atoms with van der Waals surface area (Å²) in [7, 11) is 0. The number of benzene rings is 2. The molecule has 0 aliphatic heterocycles. The molecule has 0 bridgehead atoms. The van der Waals surface area contributed by atoms with E-state index in [0.29, 0.717) is 11.4 Å². The number of nitrogens with one attached hydrogen (secondary N) is 1. The number of H-pyrrole nitrogens is 1. The maximum atomic E-state index is 10.1. The van der Waals surface area contributed by atoms with Crippen molar-refractivity contribution in [3.8, 4) is 5.88 Å². The quantitative estimate of drug-likeness (QED) is 0.503. The number of aromatic amines is 1. The van der Waals surface area contributed by atoms with Crippen molar-refractivity contribution in [2.24, 2.45) is 10.2 Å². The zero-order chi connectivity index (χ0) is 15.8. The average Bonchev–Trinajstić information content (AvgIpc) is 2.87. The van der Waals surface area contributed by atoms with Crippen LogP contribution in [0.5, 0.6) is 5.88 Å². The highest BCUT2D eigenvalue weighted by Crippen LogP contribution is 2.37. The van der Waals surface area contributed by atoms with Gasteiger partial charge in [0.25, 0.3) is 0 Å². The summed E-state index contributed by atoms with van der Waals surface area (Å²) in [5.41, 5.74) is 3.83. The van der Waals surface area contributed by atoms with Crippen molar-refractivity contribution in [1.29, 1.82) is 0 Å². The fourth-order valence-corrected chi connectivity index (χ4v) is 2.65. The van der Waals surface area contributed by atoms with Crippen LogP contribution in [-0.2, 0) is 0 Å². The first-order valence-corrected chi connectivity index (χ1v) is 7.29. The second kappa shape index (κ2) is 5.21. The molecule has 2 aromatic carbocycles. The first kappa shape index (κ1) is 13.5. The van der Waals surface area contributed by atoms with Crippen molar-refractivity contribution < 1.29 is 5.11 Å². The Morgan fingerprint density at radius 1 is 1.04 bits per heavy atom. The van der Waals surface area contributed by atoms with Gasteiger partial charge in [0.2, 0.25) is 5.88 Å². The van der Waals surface area contributed by atoms with Crippen molar-refractivity contribution in [2.75, 3.05) is 0 Å². The lowest BCUT2D eigenvalue weighted by Crippen LogP contribution is -1.77. The zero-order valence-corrected chi connectivity index (χ0v) is 12.5. The Balaban J connectivity index is 1.85. The molecule has 0 radical (unpaired) electrons. The number of rotatable bonds is 2. The highest BCUT2D eigenvalue weighted by Gasteiger charge is 2.10. The number of nitrogens with zero attached hydrogens (tertiary/aromatic N) is 3. The third kappa shape index (κ3) is 2.32. The van der Waals surface area contributed by atoms with Crippen molar-refractivity contribution in [3.63, 3.8) is 0 Å². The van der Waals surface area contributed by atoms with E-state index < -0.39 is 0 Å². The molecule has 2 heterocycles. The van der Waals surface area contributed by atoms with Gasteiger partial charge in [0.05, 0.1) is 11.0 Å². The molecule has 4 rings (SSSR count). The number of pyridine rings is 1. The van der Waals surface area contributed by atoms with Gasteiger partial charge in [-0.1, -0.05) is 29.8 Å². The SMILES string of the molecule is Cc1ccc2[nH]c(O)c(N=Nc3cccc4cccnc34)c2c1. The Morgan fingerprint density at radius 2 is 1.91 bits per heavy atom. The highest BCUT2D eigenvalue weighted by molar-refractivity contribution is 5.95. The molecule has 2 N–H and O–H groups in total. The highest BCUT2D eigenvalue weighted by atomic mass is 16.3. The molecule has 0 atom stereocenters. The monoisotopic (exact) mass is 302 g/mol. The normalized spacial score (nSPS) is 11.7. The van der Waals surface area contributed by atoms with E-state index in [1.807, 2.05) is 55.5 Å². The maximum Gasteiger partial charge on any atom is 0.218 e. The van der Waals surface area contributed by atoms with Crippen molar-refractivity contribution in [3.05, 3.63) is 60.3 Å². The van der Waals surface area contributed by atoms with Crippen LogP contribution in [-0.4, -0.2) is 15.1 Å². The number of aromatic hydroxyl groups is 1. The van der Waals surface area contributed by atoms with Crippen LogP contribution in [0, 0.1) is 6.92 Å². The Labute approximate surface area is 132 Å². The summed E-state index contributed by atoms with van der Waals surface area (Å²) < 4.78 is 0. The molecule has 2 aromatic heterocycles. The van der Waals surface area contributed by atoms with Crippen molar-refractivity contribution >= 4 is 33.2 Å². The second-order valence-corrected chi connectivity index (χ2v) is 5.42.